The van der Waals surface area contributed by atoms with Crippen molar-refractivity contribution in [2.24, 2.45) is 4.99 Å². The van der Waals surface area contributed by atoms with E-state index in [1.807, 2.05) is 0 Å². The maximum atomic E-state index is 5.27. The summed E-state index contributed by atoms with van der Waals surface area (Å²) in [6.45, 7) is 5.95. The molecule has 0 atom stereocenters. The summed E-state index contributed by atoms with van der Waals surface area (Å²) in [5, 5.41) is 3.35. The first-order chi connectivity index (χ1) is 5.93. The Morgan fingerprint density at radius 3 is 3.08 bits per heavy atom. The minimum Gasteiger partial charge on any atom is -0.479 e. The van der Waals surface area contributed by atoms with E-state index in [0.29, 0.717) is 0 Å². The summed E-state index contributed by atoms with van der Waals surface area (Å²) in [5.41, 5.74) is 0. The van der Waals surface area contributed by atoms with Crippen molar-refractivity contribution in [2.75, 3.05) is 26.2 Å². The highest BCUT2D eigenvalue weighted by molar-refractivity contribution is 5.77. The molecule has 0 saturated heterocycles. The molecule has 0 unspecified atom stereocenters. The summed E-state index contributed by atoms with van der Waals surface area (Å²) < 4.78 is 5.27. The monoisotopic (exact) mass is 170 g/mol. The molecule has 3 heteroatoms. The average Bonchev–Trinajstić information content (AvgIpc) is 2.57. The van der Waals surface area contributed by atoms with Crippen molar-refractivity contribution in [3.8, 4) is 0 Å². The molecular formula is C9H18N2O. The van der Waals surface area contributed by atoms with E-state index < -0.39 is 0 Å². The van der Waals surface area contributed by atoms with E-state index in [1.54, 1.807) is 0 Å². The summed E-state index contributed by atoms with van der Waals surface area (Å²) in [4.78, 5) is 4.21. The number of aliphatic imine (C=N–C) groups is 1. The van der Waals surface area contributed by atoms with E-state index in [0.717, 1.165) is 38.6 Å². The SMILES string of the molecule is CCCCNCCC1=NCCO1. The number of hydrogen-bond donors (Lipinski definition) is 1. The number of ether oxygens (including phenoxy) is 1. The lowest BCUT2D eigenvalue weighted by Crippen LogP contribution is -2.19. The van der Waals surface area contributed by atoms with Gasteiger partial charge in [-0.2, -0.15) is 0 Å². The zero-order valence-corrected chi connectivity index (χ0v) is 7.81. The van der Waals surface area contributed by atoms with Crippen LogP contribution in [0.1, 0.15) is 26.2 Å². The van der Waals surface area contributed by atoms with Gasteiger partial charge in [0.2, 0.25) is 0 Å². The predicted molar refractivity (Wildman–Crippen MR) is 50.6 cm³/mol. The van der Waals surface area contributed by atoms with Crippen LogP contribution in [0.25, 0.3) is 0 Å². The third kappa shape index (κ3) is 3.72. The van der Waals surface area contributed by atoms with Gasteiger partial charge in [-0.15, -0.1) is 0 Å². The van der Waals surface area contributed by atoms with Crippen molar-refractivity contribution in [3.63, 3.8) is 0 Å². The number of nitrogens with zero attached hydrogens (tertiary/aromatic N) is 1. The van der Waals surface area contributed by atoms with Gasteiger partial charge in [0.15, 0.2) is 5.90 Å². The summed E-state index contributed by atoms with van der Waals surface area (Å²) >= 11 is 0. The molecule has 0 saturated carbocycles. The van der Waals surface area contributed by atoms with Crippen LogP contribution in [0.3, 0.4) is 0 Å². The molecule has 3 nitrogen and oxygen atoms in total. The number of unbranched alkanes of at least 4 members (excludes halogenated alkanes) is 1. The maximum absolute atomic E-state index is 5.27. The molecule has 0 aromatic rings. The molecule has 0 aliphatic carbocycles. The highest BCUT2D eigenvalue weighted by Crippen LogP contribution is 1.97. The van der Waals surface area contributed by atoms with Crippen LogP contribution >= 0.6 is 0 Å². The normalized spacial score (nSPS) is 15.9. The van der Waals surface area contributed by atoms with Gasteiger partial charge in [-0.3, -0.25) is 4.99 Å². The molecule has 0 aromatic heterocycles. The minimum absolute atomic E-state index is 0.782. The van der Waals surface area contributed by atoms with Gasteiger partial charge in [0, 0.05) is 13.0 Å². The quantitative estimate of drug-likeness (QED) is 0.608. The zero-order valence-electron chi connectivity index (χ0n) is 7.81. The predicted octanol–water partition coefficient (Wildman–Crippen LogP) is 1.19. The molecule has 0 radical (unpaired) electrons. The number of nitrogens with one attached hydrogen (secondary N) is 1. The Morgan fingerprint density at radius 1 is 1.50 bits per heavy atom. The fourth-order valence-corrected chi connectivity index (χ4v) is 1.15. The third-order valence-electron chi connectivity index (χ3n) is 1.87. The lowest BCUT2D eigenvalue weighted by molar-refractivity contribution is 0.337. The van der Waals surface area contributed by atoms with Crippen molar-refractivity contribution >= 4 is 5.90 Å². The second-order valence-electron chi connectivity index (χ2n) is 2.98. The Kier molecular flexibility index (Phi) is 4.76. The largest absolute Gasteiger partial charge is 0.479 e. The third-order valence-corrected chi connectivity index (χ3v) is 1.87. The van der Waals surface area contributed by atoms with E-state index >= 15 is 0 Å². The van der Waals surface area contributed by atoms with Crippen LogP contribution in [-0.2, 0) is 4.74 Å². The topological polar surface area (TPSA) is 33.6 Å². The molecule has 1 rings (SSSR count). The van der Waals surface area contributed by atoms with Crippen LogP contribution in [0, 0.1) is 0 Å². The first kappa shape index (κ1) is 9.52. The van der Waals surface area contributed by atoms with Gasteiger partial charge in [-0.1, -0.05) is 13.3 Å². The summed E-state index contributed by atoms with van der Waals surface area (Å²) in [5.74, 6) is 0.930. The highest BCUT2D eigenvalue weighted by atomic mass is 16.5. The molecule has 1 heterocycles. The average molecular weight is 170 g/mol. The first-order valence-corrected chi connectivity index (χ1v) is 4.80. The van der Waals surface area contributed by atoms with Crippen molar-refractivity contribution < 1.29 is 4.74 Å². The summed E-state index contributed by atoms with van der Waals surface area (Å²) in [6, 6.07) is 0. The molecule has 1 aliphatic heterocycles. The Morgan fingerprint density at radius 2 is 2.42 bits per heavy atom. The van der Waals surface area contributed by atoms with Crippen molar-refractivity contribution in [1.29, 1.82) is 0 Å². The van der Waals surface area contributed by atoms with Crippen LogP contribution in [0.4, 0.5) is 0 Å². The van der Waals surface area contributed by atoms with Crippen LogP contribution in [0.2, 0.25) is 0 Å². The Labute approximate surface area is 74.2 Å². The molecule has 1 N–H and O–H groups in total. The molecule has 0 spiro atoms. The van der Waals surface area contributed by atoms with Gasteiger partial charge < -0.3 is 10.1 Å². The molecule has 0 aromatic carbocycles. The summed E-state index contributed by atoms with van der Waals surface area (Å²) in [6.07, 6.45) is 3.46. The molecule has 1 aliphatic rings. The molecule has 0 amide bonds. The smallest absolute Gasteiger partial charge is 0.184 e. The first-order valence-electron chi connectivity index (χ1n) is 4.80. The van der Waals surface area contributed by atoms with Gasteiger partial charge in [-0.05, 0) is 13.0 Å². The van der Waals surface area contributed by atoms with Gasteiger partial charge in [0.25, 0.3) is 0 Å². The van der Waals surface area contributed by atoms with E-state index in [9.17, 15) is 0 Å². The van der Waals surface area contributed by atoms with E-state index in [4.69, 9.17) is 4.74 Å². The van der Waals surface area contributed by atoms with Gasteiger partial charge in [-0.25, -0.2) is 0 Å². The molecule has 70 valence electrons. The van der Waals surface area contributed by atoms with Gasteiger partial charge in [0.05, 0.1) is 6.54 Å². The maximum Gasteiger partial charge on any atom is 0.184 e. The molecule has 0 bridgehead atoms. The van der Waals surface area contributed by atoms with Gasteiger partial charge >= 0.3 is 0 Å². The highest BCUT2D eigenvalue weighted by Gasteiger charge is 2.05. The zero-order chi connectivity index (χ0) is 8.65. The van der Waals surface area contributed by atoms with E-state index in [-0.39, 0.29) is 0 Å². The van der Waals surface area contributed by atoms with Gasteiger partial charge in [0.1, 0.15) is 6.61 Å². The Bertz CT molecular complexity index is 145. The molecule has 0 fully saturated rings. The Balaban J connectivity index is 1.88. The number of hydrogen-bond acceptors (Lipinski definition) is 3. The van der Waals surface area contributed by atoms with Crippen LogP contribution in [0.15, 0.2) is 4.99 Å². The standard InChI is InChI=1S/C9H18N2O/c1-2-3-5-10-6-4-9-11-7-8-12-9/h10H,2-8H2,1H3. The minimum atomic E-state index is 0.782. The van der Waals surface area contributed by atoms with Crippen LogP contribution in [-0.4, -0.2) is 32.1 Å². The Hall–Kier alpha value is -0.570. The van der Waals surface area contributed by atoms with Crippen molar-refractivity contribution in [3.05, 3.63) is 0 Å². The van der Waals surface area contributed by atoms with E-state index in [2.05, 4.69) is 17.2 Å². The fourth-order valence-electron chi connectivity index (χ4n) is 1.15. The second kappa shape index (κ2) is 6.00. The van der Waals surface area contributed by atoms with Crippen LogP contribution < -0.4 is 5.32 Å². The lowest BCUT2D eigenvalue weighted by Gasteiger charge is -2.03. The summed E-state index contributed by atoms with van der Waals surface area (Å²) in [7, 11) is 0. The molecule has 12 heavy (non-hydrogen) atoms. The second-order valence-corrected chi connectivity index (χ2v) is 2.98. The van der Waals surface area contributed by atoms with Crippen LogP contribution in [0.5, 0.6) is 0 Å². The lowest BCUT2D eigenvalue weighted by atomic mass is 10.3. The van der Waals surface area contributed by atoms with Crippen molar-refractivity contribution in [1.82, 2.24) is 5.32 Å². The number of rotatable bonds is 6. The molecular weight excluding hydrogens is 152 g/mol. The fraction of sp³-hybridized carbons (Fsp3) is 0.889. The van der Waals surface area contributed by atoms with Crippen molar-refractivity contribution in [2.45, 2.75) is 26.2 Å². The van der Waals surface area contributed by atoms with E-state index in [1.165, 1.54) is 12.8 Å².